The summed E-state index contributed by atoms with van der Waals surface area (Å²) in [6.45, 7) is 5.81. The number of carbonyl (C=O) groups is 2. The molecule has 0 aromatic heterocycles. The molecule has 0 bridgehead atoms. The highest BCUT2D eigenvalue weighted by atomic mass is 16.1. The van der Waals surface area contributed by atoms with Gasteiger partial charge < -0.3 is 4.79 Å². The van der Waals surface area contributed by atoms with Crippen LogP contribution in [0, 0.1) is 16.2 Å². The third-order valence-corrected chi connectivity index (χ3v) is 2.71. The van der Waals surface area contributed by atoms with Crippen LogP contribution in [0.4, 0.5) is 0 Å². The van der Waals surface area contributed by atoms with Gasteiger partial charge in [0.15, 0.2) is 0 Å². The van der Waals surface area contributed by atoms with Gasteiger partial charge in [-0.1, -0.05) is 33.6 Å². The van der Waals surface area contributed by atoms with Crippen LogP contribution in [0.3, 0.4) is 0 Å². The molecule has 0 amide bonds. The van der Waals surface area contributed by atoms with Crippen molar-refractivity contribution in [1.29, 1.82) is 10.8 Å². The SMILES string of the molecule is CCCCC(C=O)(CC)C(=O)CC.N=C=O.N=C=O. The highest BCUT2D eigenvalue weighted by Gasteiger charge is 2.33. The standard InChI is InChI=1S/C11H20O2.2CHNO/c1-4-7-8-11(6-3,9-12)10(13)5-2;2*2-1-3/h9H,4-8H2,1-3H3;2*2H. The summed E-state index contributed by atoms with van der Waals surface area (Å²) in [7, 11) is 0. The molecule has 0 aliphatic carbocycles. The van der Waals surface area contributed by atoms with Crippen molar-refractivity contribution in [3.05, 3.63) is 0 Å². The highest BCUT2D eigenvalue weighted by Crippen LogP contribution is 2.28. The van der Waals surface area contributed by atoms with E-state index < -0.39 is 5.41 Å². The zero-order valence-electron chi connectivity index (χ0n) is 11.7. The van der Waals surface area contributed by atoms with Gasteiger partial charge in [-0.05, 0) is 12.8 Å². The van der Waals surface area contributed by atoms with Crippen molar-refractivity contribution in [3.8, 4) is 0 Å². The van der Waals surface area contributed by atoms with E-state index in [1.807, 2.05) is 13.8 Å². The summed E-state index contributed by atoms with van der Waals surface area (Å²) in [6.07, 6.45) is 6.18. The number of isocyanates is 2. The second kappa shape index (κ2) is 16.1. The van der Waals surface area contributed by atoms with Gasteiger partial charge in [-0.15, -0.1) is 0 Å². The molecule has 0 aliphatic heterocycles. The van der Waals surface area contributed by atoms with E-state index in [0.717, 1.165) is 37.7 Å². The molecular formula is C13H22N2O4. The summed E-state index contributed by atoms with van der Waals surface area (Å²) in [6, 6.07) is 0. The Hall–Kier alpha value is -1.90. The molecule has 0 spiro atoms. The maximum absolute atomic E-state index is 11.6. The van der Waals surface area contributed by atoms with Gasteiger partial charge in [-0.3, -0.25) is 4.79 Å². The lowest BCUT2D eigenvalue weighted by molar-refractivity contribution is -0.135. The smallest absolute Gasteiger partial charge is 0.231 e. The zero-order chi connectivity index (χ0) is 15.7. The molecule has 1 atom stereocenters. The summed E-state index contributed by atoms with van der Waals surface area (Å²) in [5.74, 6) is 0.0958. The van der Waals surface area contributed by atoms with E-state index in [0.29, 0.717) is 12.8 Å². The van der Waals surface area contributed by atoms with Gasteiger partial charge in [0.25, 0.3) is 0 Å². The second-order valence-electron chi connectivity index (χ2n) is 3.71. The Morgan fingerprint density at radius 1 is 1.16 bits per heavy atom. The predicted octanol–water partition coefficient (Wildman–Crippen LogP) is 2.55. The van der Waals surface area contributed by atoms with Crippen molar-refractivity contribution in [3.63, 3.8) is 0 Å². The number of ketones is 1. The van der Waals surface area contributed by atoms with E-state index in [1.165, 1.54) is 0 Å². The molecule has 19 heavy (non-hydrogen) atoms. The number of unbranched alkanes of at least 4 members (excludes halogenated alkanes) is 1. The van der Waals surface area contributed by atoms with Crippen molar-refractivity contribution in [1.82, 2.24) is 0 Å². The molecule has 0 saturated heterocycles. The van der Waals surface area contributed by atoms with Crippen LogP contribution in [-0.4, -0.2) is 24.2 Å². The third kappa shape index (κ3) is 10.9. The van der Waals surface area contributed by atoms with Gasteiger partial charge >= 0.3 is 0 Å². The van der Waals surface area contributed by atoms with Crippen LogP contribution in [0.15, 0.2) is 0 Å². The average Bonchev–Trinajstić information content (AvgIpc) is 2.42. The molecule has 6 heteroatoms. The quantitative estimate of drug-likeness (QED) is 0.320. The summed E-state index contributed by atoms with van der Waals surface area (Å²) in [5.41, 5.74) is -0.676. The lowest BCUT2D eigenvalue weighted by Crippen LogP contribution is -2.31. The Labute approximate surface area is 113 Å². The Morgan fingerprint density at radius 2 is 1.58 bits per heavy atom. The number of hydrogen-bond donors (Lipinski definition) is 2. The minimum atomic E-state index is -0.676. The summed E-state index contributed by atoms with van der Waals surface area (Å²) in [4.78, 5) is 39.2. The first-order valence-electron chi connectivity index (χ1n) is 6.07. The van der Waals surface area contributed by atoms with Gasteiger partial charge in [-0.2, -0.15) is 0 Å². The molecule has 0 aromatic carbocycles. The van der Waals surface area contributed by atoms with Crippen LogP contribution >= 0.6 is 0 Å². The zero-order valence-corrected chi connectivity index (χ0v) is 11.7. The number of rotatable bonds is 7. The number of Topliss-reactive ketones (excluding diaryl/α,β-unsaturated/α-hetero) is 1. The number of carbonyl (C=O) groups excluding carboxylic acids is 4. The largest absolute Gasteiger partial charge is 0.302 e. The van der Waals surface area contributed by atoms with Gasteiger partial charge in [-0.25, -0.2) is 20.4 Å². The van der Waals surface area contributed by atoms with Crippen molar-refractivity contribution in [2.45, 2.75) is 52.9 Å². The van der Waals surface area contributed by atoms with Crippen LogP contribution in [0.2, 0.25) is 0 Å². The number of hydrogen-bond acceptors (Lipinski definition) is 6. The normalized spacial score (nSPS) is 11.1. The van der Waals surface area contributed by atoms with Gasteiger partial charge in [0, 0.05) is 6.42 Å². The minimum Gasteiger partial charge on any atom is -0.302 e. The summed E-state index contributed by atoms with van der Waals surface area (Å²) in [5, 5.41) is 10.8. The van der Waals surface area contributed by atoms with Crippen molar-refractivity contribution < 1.29 is 19.2 Å². The lowest BCUT2D eigenvalue weighted by atomic mass is 9.77. The molecule has 108 valence electrons. The predicted molar refractivity (Wildman–Crippen MR) is 70.4 cm³/mol. The van der Waals surface area contributed by atoms with E-state index in [-0.39, 0.29) is 5.78 Å². The van der Waals surface area contributed by atoms with Gasteiger partial charge in [0.2, 0.25) is 12.2 Å². The molecule has 0 heterocycles. The maximum Gasteiger partial charge on any atom is 0.231 e. The van der Waals surface area contributed by atoms with Crippen molar-refractivity contribution in [2.24, 2.45) is 5.41 Å². The molecule has 2 N–H and O–H groups in total. The van der Waals surface area contributed by atoms with E-state index >= 15 is 0 Å². The molecule has 0 fully saturated rings. The van der Waals surface area contributed by atoms with Crippen LogP contribution in [0.1, 0.15) is 52.9 Å². The first kappa shape index (κ1) is 22.3. The fourth-order valence-electron chi connectivity index (χ4n) is 1.57. The van der Waals surface area contributed by atoms with E-state index in [4.69, 9.17) is 20.4 Å². The van der Waals surface area contributed by atoms with Crippen LogP contribution in [-0.2, 0) is 19.2 Å². The molecule has 0 aliphatic rings. The number of aldehydes is 1. The molecular weight excluding hydrogens is 248 g/mol. The van der Waals surface area contributed by atoms with Gasteiger partial charge in [0.1, 0.15) is 12.1 Å². The average molecular weight is 270 g/mol. The van der Waals surface area contributed by atoms with Crippen LogP contribution < -0.4 is 0 Å². The third-order valence-electron chi connectivity index (χ3n) is 2.71. The summed E-state index contributed by atoms with van der Waals surface area (Å²) >= 11 is 0. The summed E-state index contributed by atoms with van der Waals surface area (Å²) < 4.78 is 0. The Morgan fingerprint density at radius 3 is 1.79 bits per heavy atom. The van der Waals surface area contributed by atoms with Crippen molar-refractivity contribution in [2.75, 3.05) is 0 Å². The molecule has 6 nitrogen and oxygen atoms in total. The fraction of sp³-hybridized carbons (Fsp3) is 0.692. The molecule has 0 radical (unpaired) electrons. The van der Waals surface area contributed by atoms with Crippen molar-refractivity contribution >= 4 is 24.2 Å². The Balaban J connectivity index is -0.000000360. The highest BCUT2D eigenvalue weighted by molar-refractivity contribution is 5.97. The minimum absolute atomic E-state index is 0.0958. The molecule has 1 unspecified atom stereocenters. The topological polar surface area (TPSA) is 116 Å². The Bertz CT molecular complexity index is 305. The van der Waals surface area contributed by atoms with E-state index in [1.54, 1.807) is 0 Å². The van der Waals surface area contributed by atoms with Crippen LogP contribution in [0.5, 0.6) is 0 Å². The Kier molecular flexibility index (Phi) is 18.9. The second-order valence-corrected chi connectivity index (χ2v) is 3.71. The monoisotopic (exact) mass is 270 g/mol. The fourth-order valence-corrected chi connectivity index (χ4v) is 1.57. The van der Waals surface area contributed by atoms with E-state index in [9.17, 15) is 9.59 Å². The number of nitrogens with one attached hydrogen (secondary N) is 2. The molecule has 0 rings (SSSR count). The van der Waals surface area contributed by atoms with Crippen LogP contribution in [0.25, 0.3) is 0 Å². The van der Waals surface area contributed by atoms with E-state index in [2.05, 4.69) is 6.92 Å². The molecule has 0 saturated carbocycles. The first-order valence-corrected chi connectivity index (χ1v) is 6.07. The lowest BCUT2D eigenvalue weighted by Gasteiger charge is -2.24. The van der Waals surface area contributed by atoms with Gasteiger partial charge in [0.05, 0.1) is 5.41 Å². The molecule has 0 aromatic rings. The maximum atomic E-state index is 11.6. The first-order chi connectivity index (χ1) is 8.99.